The molecule has 1 heteroatoms. The molecule has 1 unspecified atom stereocenters. The maximum absolute atomic E-state index is 6.77. The van der Waals surface area contributed by atoms with Crippen LogP contribution in [0.5, 0.6) is 0 Å². The van der Waals surface area contributed by atoms with Crippen molar-refractivity contribution in [3.05, 3.63) is 117 Å². The summed E-state index contributed by atoms with van der Waals surface area (Å²) >= 11 is 6.77. The number of halogens is 1. The van der Waals surface area contributed by atoms with Gasteiger partial charge < -0.3 is 0 Å². The van der Waals surface area contributed by atoms with Gasteiger partial charge in [0, 0.05) is 10.6 Å². The first-order valence-corrected chi connectivity index (χ1v) is 10.1. The van der Waals surface area contributed by atoms with Crippen molar-refractivity contribution in [3.8, 4) is 22.3 Å². The van der Waals surface area contributed by atoms with E-state index >= 15 is 0 Å². The van der Waals surface area contributed by atoms with Crippen molar-refractivity contribution in [2.24, 2.45) is 0 Å². The summed E-state index contributed by atoms with van der Waals surface area (Å²) in [7, 11) is 0. The van der Waals surface area contributed by atoms with Crippen molar-refractivity contribution in [1.82, 2.24) is 0 Å². The minimum atomic E-state index is -0.290. The fraction of sp³-hybridized carbons (Fsp3) is 0.111. The molecule has 6 rings (SSSR count). The van der Waals surface area contributed by atoms with E-state index in [1.54, 1.807) is 0 Å². The third-order valence-corrected chi connectivity index (χ3v) is 6.78. The van der Waals surface area contributed by atoms with Gasteiger partial charge in [0.15, 0.2) is 0 Å². The lowest BCUT2D eigenvalue weighted by Gasteiger charge is -2.30. The third-order valence-electron chi connectivity index (χ3n) is 6.47. The Hall–Kier alpha value is -2.83. The van der Waals surface area contributed by atoms with Crippen LogP contribution in [0.2, 0.25) is 5.02 Å². The topological polar surface area (TPSA) is 0 Å². The van der Waals surface area contributed by atoms with Crippen LogP contribution >= 0.6 is 11.6 Å². The van der Waals surface area contributed by atoms with Crippen LogP contribution in [-0.4, -0.2) is 0 Å². The lowest BCUT2D eigenvalue weighted by Crippen LogP contribution is -2.25. The normalized spacial score (nSPS) is 18.0. The molecule has 4 aromatic carbocycles. The molecule has 0 aromatic heterocycles. The summed E-state index contributed by atoms with van der Waals surface area (Å²) in [5, 5.41) is 0.830. The second kappa shape index (κ2) is 5.37. The molecular weight excluding hydrogens is 360 g/mol. The molecule has 0 aliphatic heterocycles. The Labute approximate surface area is 170 Å². The minimum absolute atomic E-state index is 0.290. The van der Waals surface area contributed by atoms with E-state index in [-0.39, 0.29) is 5.41 Å². The molecule has 28 heavy (non-hydrogen) atoms. The highest BCUT2D eigenvalue weighted by Gasteiger charge is 2.52. The maximum Gasteiger partial charge on any atom is 0.0726 e. The average molecular weight is 379 g/mol. The van der Waals surface area contributed by atoms with Crippen LogP contribution in [0.1, 0.15) is 33.4 Å². The molecule has 0 saturated carbocycles. The van der Waals surface area contributed by atoms with Crippen LogP contribution in [0.4, 0.5) is 0 Å². The number of rotatable bonds is 0. The van der Waals surface area contributed by atoms with Gasteiger partial charge in [-0.3, -0.25) is 0 Å². The van der Waals surface area contributed by atoms with Gasteiger partial charge in [-0.25, -0.2) is 0 Å². The van der Waals surface area contributed by atoms with Crippen LogP contribution in [-0.2, 0) is 5.41 Å². The van der Waals surface area contributed by atoms with Gasteiger partial charge in [-0.1, -0.05) is 95.5 Å². The Bertz CT molecular complexity index is 1300. The molecule has 1 atom stereocenters. The molecule has 0 heterocycles. The zero-order valence-corrected chi connectivity index (χ0v) is 16.6. The Morgan fingerprint density at radius 1 is 0.571 bits per heavy atom. The summed E-state index contributed by atoms with van der Waals surface area (Å²) in [5.74, 6) is 0. The van der Waals surface area contributed by atoms with Crippen molar-refractivity contribution < 1.29 is 0 Å². The van der Waals surface area contributed by atoms with E-state index in [4.69, 9.17) is 11.6 Å². The summed E-state index contributed by atoms with van der Waals surface area (Å²) in [6.07, 6.45) is 0. The molecule has 1 spiro atoms. The average Bonchev–Trinajstić information content (AvgIpc) is 3.15. The van der Waals surface area contributed by atoms with Crippen LogP contribution in [0.3, 0.4) is 0 Å². The second-order valence-electron chi connectivity index (χ2n) is 8.06. The molecule has 134 valence electrons. The van der Waals surface area contributed by atoms with Gasteiger partial charge >= 0.3 is 0 Å². The molecule has 0 bridgehead atoms. The lowest BCUT2D eigenvalue weighted by molar-refractivity contribution is 0.792. The van der Waals surface area contributed by atoms with Crippen molar-refractivity contribution >= 4 is 11.6 Å². The standard InChI is InChI=1S/C27H19Cl/c1-16-11-13-22-20(14-16)18-12-10-17(2)15-24(18)27(22)21-7-4-3-6-19(21)26-23(27)8-5-9-25(26)28/h3-15H,1-2H3. The summed E-state index contributed by atoms with van der Waals surface area (Å²) in [5.41, 5.74) is 12.8. The molecule has 0 amide bonds. The van der Waals surface area contributed by atoms with Gasteiger partial charge in [0.25, 0.3) is 0 Å². The molecule has 4 aromatic rings. The Balaban J connectivity index is 1.88. The summed E-state index contributed by atoms with van der Waals surface area (Å²) in [6.45, 7) is 4.36. The maximum atomic E-state index is 6.77. The summed E-state index contributed by atoms with van der Waals surface area (Å²) < 4.78 is 0. The summed E-state index contributed by atoms with van der Waals surface area (Å²) in [4.78, 5) is 0. The highest BCUT2D eigenvalue weighted by Crippen LogP contribution is 2.63. The predicted octanol–water partition coefficient (Wildman–Crippen LogP) is 7.30. The van der Waals surface area contributed by atoms with Gasteiger partial charge in [-0.15, -0.1) is 0 Å². The Morgan fingerprint density at radius 2 is 1.29 bits per heavy atom. The first-order valence-electron chi connectivity index (χ1n) is 9.74. The van der Waals surface area contributed by atoms with E-state index in [9.17, 15) is 0 Å². The number of aryl methyl sites for hydroxylation is 2. The van der Waals surface area contributed by atoms with Crippen LogP contribution in [0, 0.1) is 13.8 Å². The monoisotopic (exact) mass is 378 g/mol. The van der Waals surface area contributed by atoms with Crippen molar-refractivity contribution in [2.45, 2.75) is 19.3 Å². The molecule has 2 aliphatic carbocycles. The van der Waals surface area contributed by atoms with Gasteiger partial charge in [-0.2, -0.15) is 0 Å². The van der Waals surface area contributed by atoms with Crippen LogP contribution in [0.15, 0.2) is 78.9 Å². The quantitative estimate of drug-likeness (QED) is 0.260. The van der Waals surface area contributed by atoms with E-state index in [0.717, 1.165) is 5.02 Å². The number of hydrogen-bond acceptors (Lipinski definition) is 0. The number of hydrogen-bond donors (Lipinski definition) is 0. The molecule has 0 N–H and O–H groups in total. The molecule has 0 fully saturated rings. The molecule has 0 radical (unpaired) electrons. The van der Waals surface area contributed by atoms with E-state index in [2.05, 4.69) is 86.6 Å². The first kappa shape index (κ1) is 16.2. The predicted molar refractivity (Wildman–Crippen MR) is 117 cm³/mol. The van der Waals surface area contributed by atoms with Crippen molar-refractivity contribution in [3.63, 3.8) is 0 Å². The van der Waals surface area contributed by atoms with E-state index in [1.165, 1.54) is 55.6 Å². The fourth-order valence-corrected chi connectivity index (χ4v) is 5.70. The molecule has 0 saturated heterocycles. The number of benzene rings is 4. The SMILES string of the molecule is Cc1ccc2c(c1)-c1ccc(C)cc1C21c2ccccc2-c2c(Cl)cccc21. The smallest absolute Gasteiger partial charge is 0.0726 e. The largest absolute Gasteiger partial charge is 0.0837 e. The molecule has 0 nitrogen and oxygen atoms in total. The fourth-order valence-electron chi connectivity index (χ4n) is 5.42. The van der Waals surface area contributed by atoms with Crippen LogP contribution in [0.25, 0.3) is 22.3 Å². The van der Waals surface area contributed by atoms with Crippen LogP contribution < -0.4 is 0 Å². The third kappa shape index (κ3) is 1.77. The molecule has 2 aliphatic rings. The lowest BCUT2D eigenvalue weighted by atomic mass is 9.70. The van der Waals surface area contributed by atoms with E-state index < -0.39 is 0 Å². The second-order valence-corrected chi connectivity index (χ2v) is 8.46. The Kier molecular flexibility index (Phi) is 3.10. The van der Waals surface area contributed by atoms with Crippen molar-refractivity contribution in [2.75, 3.05) is 0 Å². The first-order chi connectivity index (χ1) is 13.6. The Morgan fingerprint density at radius 3 is 2.18 bits per heavy atom. The number of fused-ring (bicyclic) bond motifs is 10. The highest BCUT2D eigenvalue weighted by atomic mass is 35.5. The highest BCUT2D eigenvalue weighted by molar-refractivity contribution is 6.34. The zero-order valence-electron chi connectivity index (χ0n) is 15.9. The zero-order chi connectivity index (χ0) is 19.0. The summed E-state index contributed by atoms with van der Waals surface area (Å²) in [6, 6.07) is 28.9. The van der Waals surface area contributed by atoms with Gasteiger partial charge in [0.05, 0.1) is 5.41 Å². The van der Waals surface area contributed by atoms with E-state index in [0.29, 0.717) is 0 Å². The van der Waals surface area contributed by atoms with Gasteiger partial charge in [0.1, 0.15) is 0 Å². The van der Waals surface area contributed by atoms with Gasteiger partial charge in [-0.05, 0) is 58.9 Å². The van der Waals surface area contributed by atoms with E-state index in [1.807, 2.05) is 6.07 Å². The van der Waals surface area contributed by atoms with Crippen molar-refractivity contribution in [1.29, 1.82) is 0 Å². The minimum Gasteiger partial charge on any atom is -0.0837 e. The van der Waals surface area contributed by atoms with Gasteiger partial charge in [0.2, 0.25) is 0 Å². The molecular formula is C27H19Cl.